The molecule has 1 atom stereocenters. The standard InChI is InChI=1S/C16H23NSi/c1-17-13-8-11-16(17,12-14-18(2,3)4)15-9-6-5-7-10-15/h5-7,9-10H,8,11,13H2,1-4H3. The molecule has 96 valence electrons. The van der Waals surface area contributed by atoms with E-state index in [2.05, 4.69) is 73.4 Å². The van der Waals surface area contributed by atoms with Crippen molar-refractivity contribution >= 4 is 8.07 Å². The van der Waals surface area contributed by atoms with Gasteiger partial charge in [0.2, 0.25) is 0 Å². The van der Waals surface area contributed by atoms with E-state index in [-0.39, 0.29) is 5.54 Å². The lowest BCUT2D eigenvalue weighted by atomic mass is 9.88. The predicted octanol–water partition coefficient (Wildman–Crippen LogP) is 3.49. The van der Waals surface area contributed by atoms with E-state index in [1.807, 2.05) is 0 Å². The van der Waals surface area contributed by atoms with E-state index in [9.17, 15) is 0 Å². The Kier molecular flexibility index (Phi) is 3.65. The molecule has 1 aliphatic rings. The third-order valence-corrected chi connectivity index (χ3v) is 4.45. The first kappa shape index (κ1) is 13.4. The van der Waals surface area contributed by atoms with Gasteiger partial charge in [0.15, 0.2) is 0 Å². The first-order valence-corrected chi connectivity index (χ1v) is 10.3. The maximum absolute atomic E-state index is 3.64. The lowest BCUT2D eigenvalue weighted by Crippen LogP contribution is -2.37. The van der Waals surface area contributed by atoms with Crippen LogP contribution < -0.4 is 0 Å². The van der Waals surface area contributed by atoms with Crippen LogP contribution in [-0.4, -0.2) is 26.6 Å². The molecule has 1 aromatic rings. The van der Waals surface area contributed by atoms with Crippen molar-refractivity contribution in [1.29, 1.82) is 0 Å². The molecule has 1 aliphatic heterocycles. The van der Waals surface area contributed by atoms with E-state index in [1.54, 1.807) is 0 Å². The van der Waals surface area contributed by atoms with Crippen LogP contribution in [-0.2, 0) is 5.54 Å². The first-order valence-electron chi connectivity index (χ1n) is 6.75. The largest absolute Gasteiger partial charge is 0.287 e. The molecule has 0 radical (unpaired) electrons. The molecule has 0 aromatic heterocycles. The Bertz CT molecular complexity index is 463. The van der Waals surface area contributed by atoms with Crippen LogP contribution in [0.1, 0.15) is 18.4 Å². The maximum atomic E-state index is 3.64. The van der Waals surface area contributed by atoms with Gasteiger partial charge in [0.25, 0.3) is 0 Å². The molecule has 0 amide bonds. The van der Waals surface area contributed by atoms with Gasteiger partial charge in [0.1, 0.15) is 13.6 Å². The molecule has 18 heavy (non-hydrogen) atoms. The number of rotatable bonds is 1. The van der Waals surface area contributed by atoms with Crippen LogP contribution in [0.4, 0.5) is 0 Å². The molecule has 1 aromatic carbocycles. The van der Waals surface area contributed by atoms with E-state index in [4.69, 9.17) is 0 Å². The first-order chi connectivity index (χ1) is 8.44. The summed E-state index contributed by atoms with van der Waals surface area (Å²) in [7, 11) is 0.885. The number of likely N-dealkylation sites (tertiary alicyclic amines) is 1. The lowest BCUT2D eigenvalue weighted by molar-refractivity contribution is 0.243. The second kappa shape index (κ2) is 4.91. The summed E-state index contributed by atoms with van der Waals surface area (Å²) in [5.74, 6) is 3.64. The molecule has 2 heteroatoms. The van der Waals surface area contributed by atoms with E-state index < -0.39 is 8.07 Å². The van der Waals surface area contributed by atoms with Gasteiger partial charge in [-0.2, -0.15) is 0 Å². The number of nitrogens with zero attached hydrogens (tertiary/aromatic N) is 1. The highest BCUT2D eigenvalue weighted by molar-refractivity contribution is 6.83. The zero-order valence-corrected chi connectivity index (χ0v) is 13.0. The van der Waals surface area contributed by atoms with Gasteiger partial charge in [0, 0.05) is 0 Å². The van der Waals surface area contributed by atoms with Gasteiger partial charge in [-0.3, -0.25) is 4.90 Å². The summed E-state index contributed by atoms with van der Waals surface area (Å²) in [5.41, 5.74) is 4.90. The topological polar surface area (TPSA) is 3.24 Å². The molecule has 1 fully saturated rings. The second-order valence-electron chi connectivity index (χ2n) is 6.25. The molecule has 1 saturated heterocycles. The molecule has 0 bridgehead atoms. The van der Waals surface area contributed by atoms with Crippen LogP contribution in [0.25, 0.3) is 0 Å². The Labute approximate surface area is 112 Å². The SMILES string of the molecule is CN1CCCC1(C#C[Si](C)(C)C)c1ccccc1. The van der Waals surface area contributed by atoms with Crippen molar-refractivity contribution in [2.24, 2.45) is 0 Å². The van der Waals surface area contributed by atoms with Gasteiger partial charge >= 0.3 is 0 Å². The zero-order valence-electron chi connectivity index (χ0n) is 12.0. The highest BCUT2D eigenvalue weighted by Crippen LogP contribution is 2.37. The van der Waals surface area contributed by atoms with Gasteiger partial charge in [-0.05, 0) is 32.0 Å². The molecule has 1 unspecified atom stereocenters. The van der Waals surface area contributed by atoms with Gasteiger partial charge < -0.3 is 0 Å². The van der Waals surface area contributed by atoms with Crippen LogP contribution >= 0.6 is 0 Å². The van der Waals surface area contributed by atoms with Gasteiger partial charge in [-0.15, -0.1) is 5.54 Å². The summed E-state index contributed by atoms with van der Waals surface area (Å²) in [6, 6.07) is 10.8. The van der Waals surface area contributed by atoms with Crippen molar-refractivity contribution in [3.05, 3.63) is 35.9 Å². The number of benzene rings is 1. The van der Waals surface area contributed by atoms with Gasteiger partial charge in [-0.1, -0.05) is 55.9 Å². The van der Waals surface area contributed by atoms with Gasteiger partial charge in [-0.25, -0.2) is 0 Å². The summed E-state index contributed by atoms with van der Waals surface area (Å²) in [6.07, 6.45) is 2.40. The zero-order chi connectivity index (χ0) is 13.2. The summed E-state index contributed by atoms with van der Waals surface area (Å²) in [6.45, 7) is 8.09. The van der Waals surface area contributed by atoms with Crippen molar-refractivity contribution in [3.63, 3.8) is 0 Å². The molecule has 0 aliphatic carbocycles. The van der Waals surface area contributed by atoms with Crippen LogP contribution in [0.2, 0.25) is 19.6 Å². The Balaban J connectivity index is 2.45. The van der Waals surface area contributed by atoms with Crippen LogP contribution in [0, 0.1) is 11.5 Å². The molecule has 2 rings (SSSR count). The fourth-order valence-electron chi connectivity index (χ4n) is 2.55. The quantitative estimate of drug-likeness (QED) is 0.550. The third-order valence-electron chi connectivity index (χ3n) is 3.58. The van der Waals surface area contributed by atoms with Crippen molar-refractivity contribution in [2.45, 2.75) is 38.0 Å². The minimum atomic E-state index is -1.32. The van der Waals surface area contributed by atoms with E-state index >= 15 is 0 Å². The third kappa shape index (κ3) is 2.68. The fourth-order valence-corrected chi connectivity index (χ4v) is 3.14. The summed E-state index contributed by atoms with van der Waals surface area (Å²) in [4.78, 5) is 2.43. The number of hydrogen-bond donors (Lipinski definition) is 0. The average Bonchev–Trinajstić information content (AvgIpc) is 2.70. The maximum Gasteiger partial charge on any atom is 0.129 e. The average molecular weight is 257 g/mol. The summed E-state index contributed by atoms with van der Waals surface area (Å²) in [5, 5.41) is 0. The Morgan fingerprint density at radius 2 is 1.83 bits per heavy atom. The normalized spacial score (nSPS) is 24.7. The smallest absolute Gasteiger partial charge is 0.129 e. The second-order valence-corrected chi connectivity index (χ2v) is 11.0. The molecule has 0 N–H and O–H groups in total. The molecule has 0 spiro atoms. The molecule has 1 heterocycles. The number of hydrogen-bond acceptors (Lipinski definition) is 1. The summed E-state index contributed by atoms with van der Waals surface area (Å²) < 4.78 is 0. The molecular formula is C16H23NSi. The Morgan fingerprint density at radius 3 is 2.33 bits per heavy atom. The molecule has 0 saturated carbocycles. The highest BCUT2D eigenvalue weighted by Gasteiger charge is 2.38. The van der Waals surface area contributed by atoms with Gasteiger partial charge in [0.05, 0.1) is 0 Å². The minimum Gasteiger partial charge on any atom is -0.287 e. The molecule has 1 nitrogen and oxygen atoms in total. The van der Waals surface area contributed by atoms with Crippen LogP contribution in [0.3, 0.4) is 0 Å². The fraction of sp³-hybridized carbons (Fsp3) is 0.500. The van der Waals surface area contributed by atoms with E-state index in [0.717, 1.165) is 13.0 Å². The van der Waals surface area contributed by atoms with E-state index in [1.165, 1.54) is 12.0 Å². The Morgan fingerprint density at radius 1 is 1.17 bits per heavy atom. The highest BCUT2D eigenvalue weighted by atomic mass is 28.3. The predicted molar refractivity (Wildman–Crippen MR) is 81.1 cm³/mol. The monoisotopic (exact) mass is 257 g/mol. The van der Waals surface area contributed by atoms with Crippen molar-refractivity contribution in [2.75, 3.05) is 13.6 Å². The summed E-state index contributed by atoms with van der Waals surface area (Å²) >= 11 is 0. The van der Waals surface area contributed by atoms with E-state index in [0.29, 0.717) is 0 Å². The minimum absolute atomic E-state index is 0.0401. The van der Waals surface area contributed by atoms with Crippen molar-refractivity contribution in [1.82, 2.24) is 4.90 Å². The molecular weight excluding hydrogens is 234 g/mol. The Hall–Kier alpha value is -1.04. The lowest BCUT2D eigenvalue weighted by Gasteiger charge is -2.32. The van der Waals surface area contributed by atoms with Crippen LogP contribution in [0.15, 0.2) is 30.3 Å². The van der Waals surface area contributed by atoms with Crippen LogP contribution in [0.5, 0.6) is 0 Å². The van der Waals surface area contributed by atoms with Crippen molar-refractivity contribution in [3.8, 4) is 11.5 Å². The van der Waals surface area contributed by atoms with Crippen molar-refractivity contribution < 1.29 is 0 Å².